The molecule has 21 heavy (non-hydrogen) atoms. The van der Waals surface area contributed by atoms with Crippen LogP contribution in [0.15, 0.2) is 29.6 Å². The summed E-state index contributed by atoms with van der Waals surface area (Å²) in [5, 5.41) is 10.7. The van der Waals surface area contributed by atoms with Crippen molar-refractivity contribution >= 4 is 23.0 Å². The van der Waals surface area contributed by atoms with Crippen LogP contribution in [-0.2, 0) is 6.54 Å². The molecule has 0 unspecified atom stereocenters. The van der Waals surface area contributed by atoms with Gasteiger partial charge < -0.3 is 10.0 Å². The number of thiophene rings is 1. The van der Waals surface area contributed by atoms with Crippen molar-refractivity contribution in [2.75, 3.05) is 4.90 Å². The van der Waals surface area contributed by atoms with Crippen molar-refractivity contribution in [2.24, 2.45) is 0 Å². The third kappa shape index (κ3) is 3.39. The van der Waals surface area contributed by atoms with Crippen LogP contribution in [0.2, 0.25) is 0 Å². The average molecular weight is 311 g/mol. The lowest BCUT2D eigenvalue weighted by Gasteiger charge is -2.29. The predicted molar refractivity (Wildman–Crippen MR) is 79.0 cm³/mol. The van der Waals surface area contributed by atoms with Crippen molar-refractivity contribution < 1.29 is 18.7 Å². The second-order valence-electron chi connectivity index (χ2n) is 4.89. The van der Waals surface area contributed by atoms with E-state index in [1.54, 1.807) is 4.90 Å². The molecule has 112 valence electrons. The molecule has 6 heteroatoms. The van der Waals surface area contributed by atoms with Crippen molar-refractivity contribution in [1.29, 1.82) is 0 Å². The van der Waals surface area contributed by atoms with Gasteiger partial charge in [0.05, 0.1) is 12.1 Å². The summed E-state index contributed by atoms with van der Waals surface area (Å²) in [7, 11) is 0. The number of hydrogen-bond acceptors (Lipinski definition) is 3. The number of carbonyl (C=O) groups is 1. The molecule has 2 rings (SSSR count). The largest absolute Gasteiger partial charge is 0.478 e. The molecule has 0 bridgehead atoms. The van der Waals surface area contributed by atoms with Crippen LogP contribution in [0.5, 0.6) is 0 Å². The third-order valence-corrected chi connectivity index (χ3v) is 3.94. The number of benzene rings is 1. The molecule has 0 radical (unpaired) electrons. The van der Waals surface area contributed by atoms with E-state index in [0.717, 1.165) is 17.0 Å². The quantitative estimate of drug-likeness (QED) is 0.902. The van der Waals surface area contributed by atoms with E-state index in [0.29, 0.717) is 6.54 Å². The number of hydrogen-bond donors (Lipinski definition) is 1. The summed E-state index contributed by atoms with van der Waals surface area (Å²) in [5.41, 5.74) is -0.586. The zero-order valence-corrected chi connectivity index (χ0v) is 12.5. The van der Waals surface area contributed by atoms with Crippen LogP contribution < -0.4 is 4.90 Å². The number of nitrogens with zero attached hydrogens (tertiary/aromatic N) is 1. The Balaban J connectivity index is 2.43. The molecular weight excluding hydrogens is 296 g/mol. The smallest absolute Gasteiger partial charge is 0.335 e. The van der Waals surface area contributed by atoms with E-state index in [2.05, 4.69) is 0 Å². The van der Waals surface area contributed by atoms with E-state index in [-0.39, 0.29) is 11.7 Å². The van der Waals surface area contributed by atoms with Gasteiger partial charge in [-0.3, -0.25) is 0 Å². The maximum atomic E-state index is 14.2. The fraction of sp³-hybridized carbons (Fsp3) is 0.267. The summed E-state index contributed by atoms with van der Waals surface area (Å²) in [6, 6.07) is 5.33. The fourth-order valence-corrected chi connectivity index (χ4v) is 2.76. The van der Waals surface area contributed by atoms with Crippen LogP contribution >= 0.6 is 11.3 Å². The number of carboxylic acids is 1. The van der Waals surface area contributed by atoms with Gasteiger partial charge in [0.25, 0.3) is 0 Å². The fourth-order valence-electron chi connectivity index (χ4n) is 2.05. The van der Waals surface area contributed by atoms with Crippen molar-refractivity contribution in [3.05, 3.63) is 51.7 Å². The van der Waals surface area contributed by atoms with Crippen LogP contribution in [0.4, 0.5) is 14.5 Å². The SMILES string of the molecule is CC(C)N(Cc1cccs1)c1c(F)cc(C(=O)O)cc1F. The first-order valence-electron chi connectivity index (χ1n) is 6.41. The van der Waals surface area contributed by atoms with E-state index in [1.807, 2.05) is 31.4 Å². The molecule has 0 saturated heterocycles. The standard InChI is InChI=1S/C15H15F2NO2S/c1-9(2)18(8-11-4-3-5-21-11)14-12(16)6-10(15(19)20)7-13(14)17/h3-7,9H,8H2,1-2H3,(H,19,20). The number of rotatable bonds is 5. The van der Waals surface area contributed by atoms with Crippen LogP contribution in [0.25, 0.3) is 0 Å². The molecule has 2 aromatic rings. The highest BCUT2D eigenvalue weighted by Gasteiger charge is 2.22. The third-order valence-electron chi connectivity index (χ3n) is 3.08. The molecule has 0 fully saturated rings. The highest BCUT2D eigenvalue weighted by Crippen LogP contribution is 2.29. The summed E-state index contributed by atoms with van der Waals surface area (Å²) in [6.07, 6.45) is 0. The number of carboxylic acid groups (broad SMARTS) is 1. The summed E-state index contributed by atoms with van der Waals surface area (Å²) < 4.78 is 28.3. The zero-order chi connectivity index (χ0) is 15.6. The molecule has 3 nitrogen and oxygen atoms in total. The van der Waals surface area contributed by atoms with Gasteiger partial charge in [0.1, 0.15) is 17.3 Å². The monoisotopic (exact) mass is 311 g/mol. The zero-order valence-electron chi connectivity index (χ0n) is 11.6. The molecule has 0 amide bonds. The number of halogens is 2. The Labute approximate surface area is 125 Å². The molecule has 0 aliphatic heterocycles. The first-order chi connectivity index (χ1) is 9.90. The van der Waals surface area contributed by atoms with E-state index in [4.69, 9.17) is 5.11 Å². The Hall–Kier alpha value is -1.95. The second-order valence-corrected chi connectivity index (χ2v) is 5.93. The summed E-state index contributed by atoms with van der Waals surface area (Å²) in [5.74, 6) is -3.08. The van der Waals surface area contributed by atoms with E-state index < -0.39 is 23.2 Å². The summed E-state index contributed by atoms with van der Waals surface area (Å²) in [4.78, 5) is 13.4. The predicted octanol–water partition coefficient (Wildman–Crippen LogP) is 4.14. The average Bonchev–Trinajstić information content (AvgIpc) is 2.89. The lowest BCUT2D eigenvalue weighted by atomic mass is 10.1. The molecule has 1 N–H and O–H groups in total. The van der Waals surface area contributed by atoms with Crippen LogP contribution in [0, 0.1) is 11.6 Å². The minimum Gasteiger partial charge on any atom is -0.478 e. The normalized spacial score (nSPS) is 10.9. The Kier molecular flexibility index (Phi) is 4.57. The topological polar surface area (TPSA) is 40.5 Å². The van der Waals surface area contributed by atoms with Gasteiger partial charge in [-0.25, -0.2) is 13.6 Å². The van der Waals surface area contributed by atoms with Gasteiger partial charge in [0.2, 0.25) is 0 Å². The Bertz CT molecular complexity index is 618. The first-order valence-corrected chi connectivity index (χ1v) is 7.29. The van der Waals surface area contributed by atoms with Gasteiger partial charge in [0.15, 0.2) is 0 Å². The van der Waals surface area contributed by atoms with E-state index in [1.165, 1.54) is 11.3 Å². The van der Waals surface area contributed by atoms with Crippen molar-refractivity contribution in [2.45, 2.75) is 26.4 Å². The number of anilines is 1. The van der Waals surface area contributed by atoms with Crippen LogP contribution in [-0.4, -0.2) is 17.1 Å². The van der Waals surface area contributed by atoms with Crippen molar-refractivity contribution in [1.82, 2.24) is 0 Å². The molecule has 1 aromatic carbocycles. The van der Waals surface area contributed by atoms with E-state index >= 15 is 0 Å². The molecule has 0 spiro atoms. The highest BCUT2D eigenvalue weighted by atomic mass is 32.1. The van der Waals surface area contributed by atoms with Crippen molar-refractivity contribution in [3.63, 3.8) is 0 Å². The van der Waals surface area contributed by atoms with Crippen molar-refractivity contribution in [3.8, 4) is 0 Å². The molecule has 0 aliphatic rings. The Morgan fingerprint density at radius 3 is 2.38 bits per heavy atom. The highest BCUT2D eigenvalue weighted by molar-refractivity contribution is 7.09. The second kappa shape index (κ2) is 6.22. The van der Waals surface area contributed by atoms with Gasteiger partial charge in [-0.2, -0.15) is 0 Å². The minimum absolute atomic E-state index is 0.133. The summed E-state index contributed by atoms with van der Waals surface area (Å²) in [6.45, 7) is 4.03. The van der Waals surface area contributed by atoms with Crippen LogP contribution in [0.1, 0.15) is 29.1 Å². The van der Waals surface area contributed by atoms with Crippen LogP contribution in [0.3, 0.4) is 0 Å². The molecule has 0 aliphatic carbocycles. The van der Waals surface area contributed by atoms with Gasteiger partial charge in [0, 0.05) is 10.9 Å². The molecule has 0 saturated carbocycles. The van der Waals surface area contributed by atoms with Gasteiger partial charge in [-0.1, -0.05) is 6.07 Å². The minimum atomic E-state index is -1.35. The molecule has 0 atom stereocenters. The number of aromatic carboxylic acids is 1. The maximum absolute atomic E-state index is 14.2. The first kappa shape index (κ1) is 15.4. The maximum Gasteiger partial charge on any atom is 0.335 e. The lowest BCUT2D eigenvalue weighted by molar-refractivity contribution is 0.0695. The molecule has 1 heterocycles. The molecule has 1 aromatic heterocycles. The van der Waals surface area contributed by atoms with Gasteiger partial charge >= 0.3 is 5.97 Å². The van der Waals surface area contributed by atoms with E-state index in [9.17, 15) is 13.6 Å². The van der Waals surface area contributed by atoms with Gasteiger partial charge in [-0.15, -0.1) is 11.3 Å². The Morgan fingerprint density at radius 2 is 1.95 bits per heavy atom. The lowest BCUT2D eigenvalue weighted by Crippen LogP contribution is -2.31. The Morgan fingerprint density at radius 1 is 1.33 bits per heavy atom. The molecular formula is C15H15F2NO2S. The van der Waals surface area contributed by atoms with Gasteiger partial charge in [-0.05, 0) is 37.4 Å². The summed E-state index contributed by atoms with van der Waals surface area (Å²) >= 11 is 1.50.